The molecule has 3 nitrogen and oxygen atoms in total. The number of aryl methyl sites for hydroxylation is 1. The predicted octanol–water partition coefficient (Wildman–Crippen LogP) is 0.526. The van der Waals surface area contributed by atoms with E-state index in [1.807, 2.05) is 16.8 Å². The van der Waals surface area contributed by atoms with Crippen LogP contribution in [0.4, 0.5) is 0 Å². The van der Waals surface area contributed by atoms with Gasteiger partial charge in [0.15, 0.2) is 6.20 Å². The maximum atomic E-state index is 11.7. The smallest absolute Gasteiger partial charge is 0.297 e. The van der Waals surface area contributed by atoms with E-state index in [0.717, 1.165) is 45.1 Å². The fourth-order valence-electron chi connectivity index (χ4n) is 2.27. The molecular weight excluding hydrogens is 421 g/mol. The van der Waals surface area contributed by atoms with Crippen molar-refractivity contribution in [1.82, 2.24) is 0 Å². The van der Waals surface area contributed by atoms with E-state index in [2.05, 4.69) is 18.8 Å². The Morgan fingerprint density at radius 2 is 1.65 bits per heavy atom. The van der Waals surface area contributed by atoms with Crippen LogP contribution in [0.3, 0.4) is 0 Å². The fraction of sp³-hybridized carbons (Fsp3) is 0.611. The predicted molar refractivity (Wildman–Crippen MR) is 90.1 cm³/mol. The Labute approximate surface area is 158 Å². The summed E-state index contributed by atoms with van der Waals surface area (Å²) in [6.45, 7) is 2.94. The standard InChI is InChI=1S/C18H28NO2S.HI/c1-3-4-5-6-7-8-9-10-11-13-16-19-17-14-12-15-18(19)22(2,20)21;/h12,14-15,17H,3-5,8-11,13,16H2,1-2H3;1H/q+1;/p-1. The third-order valence-electron chi connectivity index (χ3n) is 3.51. The van der Waals surface area contributed by atoms with Crippen LogP contribution in [-0.2, 0) is 16.4 Å². The van der Waals surface area contributed by atoms with Crippen LogP contribution in [0.2, 0.25) is 0 Å². The molecule has 1 heterocycles. The molecule has 0 spiro atoms. The lowest BCUT2D eigenvalue weighted by molar-refractivity contribution is -0.734. The number of rotatable bonds is 9. The van der Waals surface area contributed by atoms with Crippen LogP contribution < -0.4 is 28.5 Å². The molecule has 0 aliphatic rings. The van der Waals surface area contributed by atoms with Gasteiger partial charge >= 0.3 is 0 Å². The highest BCUT2D eigenvalue weighted by molar-refractivity contribution is 7.90. The van der Waals surface area contributed by atoms with E-state index in [4.69, 9.17) is 0 Å². The lowest BCUT2D eigenvalue weighted by Crippen LogP contribution is -3.00. The van der Waals surface area contributed by atoms with Gasteiger partial charge in [0.05, 0.1) is 0 Å². The normalized spacial score (nSPS) is 10.5. The van der Waals surface area contributed by atoms with E-state index in [1.165, 1.54) is 19.1 Å². The number of nitrogens with zero attached hydrogens (tertiary/aromatic N) is 1. The van der Waals surface area contributed by atoms with Gasteiger partial charge in [0.25, 0.3) is 5.03 Å². The first kappa shape index (κ1) is 22.4. The van der Waals surface area contributed by atoms with Crippen LogP contribution in [0.5, 0.6) is 0 Å². The van der Waals surface area contributed by atoms with Crippen molar-refractivity contribution in [2.75, 3.05) is 6.26 Å². The van der Waals surface area contributed by atoms with E-state index >= 15 is 0 Å². The van der Waals surface area contributed by atoms with Gasteiger partial charge in [0.1, 0.15) is 6.54 Å². The van der Waals surface area contributed by atoms with E-state index in [0.29, 0.717) is 5.03 Å². The Morgan fingerprint density at radius 3 is 2.30 bits per heavy atom. The van der Waals surface area contributed by atoms with Gasteiger partial charge in [-0.2, -0.15) is 4.57 Å². The maximum absolute atomic E-state index is 11.7. The van der Waals surface area contributed by atoms with Gasteiger partial charge < -0.3 is 24.0 Å². The monoisotopic (exact) mass is 449 g/mol. The third-order valence-corrected chi connectivity index (χ3v) is 4.64. The summed E-state index contributed by atoms with van der Waals surface area (Å²) in [5.74, 6) is 6.43. The molecule has 0 radical (unpaired) electrons. The number of unbranched alkanes of at least 4 members (excludes halogenated alkanes) is 6. The molecule has 1 rings (SSSR count). The number of hydrogen-bond acceptors (Lipinski definition) is 2. The summed E-state index contributed by atoms with van der Waals surface area (Å²) >= 11 is 0. The molecule has 0 atom stereocenters. The van der Waals surface area contributed by atoms with Gasteiger partial charge in [-0.3, -0.25) is 0 Å². The Balaban J connectivity index is 0.00000484. The molecule has 5 heteroatoms. The molecule has 0 aliphatic heterocycles. The second-order valence-corrected chi connectivity index (χ2v) is 7.59. The van der Waals surface area contributed by atoms with Gasteiger partial charge in [-0.05, 0) is 25.3 Å². The van der Waals surface area contributed by atoms with Crippen molar-refractivity contribution in [1.29, 1.82) is 0 Å². The Bertz CT molecular complexity index is 603. The van der Waals surface area contributed by atoms with E-state index in [1.54, 1.807) is 12.1 Å². The van der Waals surface area contributed by atoms with Crippen LogP contribution in [0.1, 0.15) is 58.3 Å². The second-order valence-electron chi connectivity index (χ2n) is 5.63. The van der Waals surface area contributed by atoms with Gasteiger partial charge in [0.2, 0.25) is 9.84 Å². The van der Waals surface area contributed by atoms with Crippen molar-refractivity contribution in [3.8, 4) is 11.8 Å². The molecule has 1 aromatic heterocycles. The number of pyridine rings is 1. The largest absolute Gasteiger partial charge is 1.00 e. The van der Waals surface area contributed by atoms with Crippen molar-refractivity contribution < 1.29 is 37.0 Å². The van der Waals surface area contributed by atoms with Crippen molar-refractivity contribution in [2.45, 2.75) is 69.9 Å². The molecule has 0 saturated heterocycles. The lowest BCUT2D eigenvalue weighted by atomic mass is 10.1. The highest BCUT2D eigenvalue weighted by Gasteiger charge is 2.19. The summed E-state index contributed by atoms with van der Waals surface area (Å²) in [4.78, 5) is 0. The molecule has 0 unspecified atom stereocenters. The first-order valence-corrected chi connectivity index (χ1v) is 10.1. The zero-order valence-electron chi connectivity index (χ0n) is 14.2. The number of hydrogen-bond donors (Lipinski definition) is 0. The van der Waals surface area contributed by atoms with Gasteiger partial charge in [-0.25, -0.2) is 8.42 Å². The van der Waals surface area contributed by atoms with Crippen LogP contribution in [0.25, 0.3) is 0 Å². The summed E-state index contributed by atoms with van der Waals surface area (Å²) in [5, 5.41) is 0.400. The minimum absolute atomic E-state index is 0. The quantitative estimate of drug-likeness (QED) is 0.239. The van der Waals surface area contributed by atoms with Crippen molar-refractivity contribution in [3.63, 3.8) is 0 Å². The van der Waals surface area contributed by atoms with Crippen LogP contribution in [0, 0.1) is 11.8 Å². The summed E-state index contributed by atoms with van der Waals surface area (Å²) in [7, 11) is -3.15. The zero-order chi connectivity index (χ0) is 16.3. The molecular formula is C18H28INO2S. The minimum atomic E-state index is -3.15. The average molecular weight is 449 g/mol. The molecule has 0 aliphatic carbocycles. The molecule has 1 aromatic rings. The van der Waals surface area contributed by atoms with Crippen LogP contribution in [-0.4, -0.2) is 14.7 Å². The number of aromatic nitrogens is 1. The van der Waals surface area contributed by atoms with Gasteiger partial charge in [0, 0.05) is 37.7 Å². The number of sulfone groups is 1. The summed E-state index contributed by atoms with van der Waals surface area (Å²) in [6, 6.07) is 5.31. The Hall–Kier alpha value is -0.610. The third kappa shape index (κ3) is 9.98. The lowest BCUT2D eigenvalue weighted by Gasteiger charge is -2.02. The van der Waals surface area contributed by atoms with E-state index in [-0.39, 0.29) is 24.0 Å². The second kappa shape index (κ2) is 12.8. The first-order valence-electron chi connectivity index (χ1n) is 8.20. The summed E-state index contributed by atoms with van der Waals surface area (Å²) in [5.41, 5.74) is 0. The van der Waals surface area contributed by atoms with E-state index in [9.17, 15) is 8.42 Å². The molecule has 0 bridgehead atoms. The van der Waals surface area contributed by atoms with Crippen LogP contribution >= 0.6 is 0 Å². The highest BCUT2D eigenvalue weighted by Crippen LogP contribution is 2.05. The SMILES string of the molecule is CCCCC#CCCCCCC[n+]1ccccc1S(C)(=O)=O.[I-]. The fourth-order valence-corrected chi connectivity index (χ4v) is 3.18. The van der Waals surface area contributed by atoms with Crippen molar-refractivity contribution >= 4 is 9.84 Å². The molecule has 0 amide bonds. The zero-order valence-corrected chi connectivity index (χ0v) is 17.2. The topological polar surface area (TPSA) is 38.0 Å². The van der Waals surface area contributed by atoms with Crippen molar-refractivity contribution in [3.05, 3.63) is 24.4 Å². The van der Waals surface area contributed by atoms with Gasteiger partial charge in [-0.1, -0.05) is 19.8 Å². The van der Waals surface area contributed by atoms with Gasteiger partial charge in [-0.15, -0.1) is 11.8 Å². The van der Waals surface area contributed by atoms with E-state index < -0.39 is 9.84 Å². The molecule has 0 saturated carbocycles. The Kier molecular flexibility index (Phi) is 12.4. The first-order chi connectivity index (χ1) is 10.6. The maximum Gasteiger partial charge on any atom is 0.297 e. The molecule has 0 fully saturated rings. The van der Waals surface area contributed by atoms with Crippen LogP contribution in [0.15, 0.2) is 29.4 Å². The van der Waals surface area contributed by atoms with Crippen molar-refractivity contribution in [2.24, 2.45) is 0 Å². The summed E-state index contributed by atoms with van der Waals surface area (Å²) in [6.07, 6.45) is 11.9. The molecule has 130 valence electrons. The summed E-state index contributed by atoms with van der Waals surface area (Å²) < 4.78 is 25.2. The molecule has 0 N–H and O–H groups in total. The molecule has 23 heavy (non-hydrogen) atoms. The highest BCUT2D eigenvalue weighted by atomic mass is 127. The Morgan fingerprint density at radius 1 is 1.00 bits per heavy atom. The number of halogens is 1. The average Bonchev–Trinajstić information content (AvgIpc) is 2.48. The molecule has 0 aromatic carbocycles. The minimum Gasteiger partial charge on any atom is -1.00 e.